The lowest BCUT2D eigenvalue weighted by Gasteiger charge is -2.10. The first-order chi connectivity index (χ1) is 10.2. The number of anilines is 1. The highest BCUT2D eigenvalue weighted by Crippen LogP contribution is 2.27. The molecule has 1 atom stereocenters. The summed E-state index contributed by atoms with van der Waals surface area (Å²) in [4.78, 5) is 6.05. The standard InChI is InChI=1S/C15H13ClN2OS2/c16-15-18-9-12(21-15)8-17-11-5-3-10(4-6-11)14(19)13-2-1-7-20-13/h1-7,9,14,17,19H,8H2. The number of thiazole rings is 1. The minimum absolute atomic E-state index is 0.556. The van der Waals surface area contributed by atoms with Gasteiger partial charge < -0.3 is 10.4 Å². The number of thiophene rings is 1. The van der Waals surface area contributed by atoms with E-state index < -0.39 is 6.10 Å². The average molecular weight is 337 g/mol. The lowest BCUT2D eigenvalue weighted by atomic mass is 10.1. The predicted octanol–water partition coefficient (Wildman–Crippen LogP) is 4.55. The highest BCUT2D eigenvalue weighted by molar-refractivity contribution is 7.15. The van der Waals surface area contributed by atoms with Crippen LogP contribution in [0, 0.1) is 0 Å². The minimum Gasteiger partial charge on any atom is -0.383 e. The molecule has 1 aromatic carbocycles. The van der Waals surface area contributed by atoms with E-state index in [4.69, 9.17) is 11.6 Å². The van der Waals surface area contributed by atoms with Gasteiger partial charge in [0.15, 0.2) is 4.47 Å². The van der Waals surface area contributed by atoms with Crippen molar-refractivity contribution in [2.75, 3.05) is 5.32 Å². The van der Waals surface area contributed by atoms with Gasteiger partial charge in [-0.1, -0.05) is 29.8 Å². The van der Waals surface area contributed by atoms with Crippen LogP contribution in [0.1, 0.15) is 21.4 Å². The molecule has 3 rings (SSSR count). The van der Waals surface area contributed by atoms with Crippen molar-refractivity contribution in [1.29, 1.82) is 0 Å². The minimum atomic E-state index is -0.556. The zero-order valence-corrected chi connectivity index (χ0v) is 13.4. The molecule has 108 valence electrons. The van der Waals surface area contributed by atoms with Crippen LogP contribution in [0.25, 0.3) is 0 Å². The Balaban J connectivity index is 1.64. The molecular formula is C15H13ClN2OS2. The van der Waals surface area contributed by atoms with E-state index in [1.165, 1.54) is 11.3 Å². The van der Waals surface area contributed by atoms with Gasteiger partial charge in [0.1, 0.15) is 6.10 Å². The molecule has 2 N–H and O–H groups in total. The van der Waals surface area contributed by atoms with Gasteiger partial charge in [-0.15, -0.1) is 22.7 Å². The molecule has 3 nitrogen and oxygen atoms in total. The Morgan fingerprint density at radius 1 is 1.24 bits per heavy atom. The molecule has 0 saturated carbocycles. The summed E-state index contributed by atoms with van der Waals surface area (Å²) < 4.78 is 0.557. The third kappa shape index (κ3) is 3.63. The monoisotopic (exact) mass is 336 g/mol. The van der Waals surface area contributed by atoms with Crippen molar-refractivity contribution in [3.8, 4) is 0 Å². The van der Waals surface area contributed by atoms with Gasteiger partial charge in [0.2, 0.25) is 0 Å². The highest BCUT2D eigenvalue weighted by Gasteiger charge is 2.10. The SMILES string of the molecule is OC(c1ccc(NCc2cnc(Cl)s2)cc1)c1cccs1. The van der Waals surface area contributed by atoms with E-state index in [2.05, 4.69) is 10.3 Å². The van der Waals surface area contributed by atoms with Gasteiger partial charge in [0, 0.05) is 21.6 Å². The summed E-state index contributed by atoms with van der Waals surface area (Å²) in [5, 5.41) is 15.5. The number of aromatic nitrogens is 1. The van der Waals surface area contributed by atoms with Crippen molar-refractivity contribution >= 4 is 40.0 Å². The van der Waals surface area contributed by atoms with Crippen LogP contribution in [0.4, 0.5) is 5.69 Å². The van der Waals surface area contributed by atoms with Crippen molar-refractivity contribution < 1.29 is 5.11 Å². The maximum Gasteiger partial charge on any atom is 0.183 e. The van der Waals surface area contributed by atoms with Crippen molar-refractivity contribution in [1.82, 2.24) is 4.98 Å². The Kier molecular flexibility index (Phi) is 4.55. The van der Waals surface area contributed by atoms with Gasteiger partial charge in [-0.25, -0.2) is 4.98 Å². The zero-order valence-electron chi connectivity index (χ0n) is 11.0. The first-order valence-corrected chi connectivity index (χ1v) is 8.45. The summed E-state index contributed by atoms with van der Waals surface area (Å²) in [5.41, 5.74) is 1.89. The van der Waals surface area contributed by atoms with Gasteiger partial charge in [-0.3, -0.25) is 0 Å². The van der Waals surface area contributed by atoms with Crippen molar-refractivity contribution in [2.45, 2.75) is 12.6 Å². The zero-order chi connectivity index (χ0) is 14.7. The van der Waals surface area contributed by atoms with Crippen LogP contribution in [0.5, 0.6) is 0 Å². The number of nitrogens with one attached hydrogen (secondary N) is 1. The Hall–Kier alpha value is -1.40. The molecule has 0 fully saturated rings. The number of hydrogen-bond donors (Lipinski definition) is 2. The van der Waals surface area contributed by atoms with E-state index in [1.54, 1.807) is 17.5 Å². The van der Waals surface area contributed by atoms with Crippen LogP contribution < -0.4 is 5.32 Å². The number of halogens is 1. The first-order valence-electron chi connectivity index (χ1n) is 6.38. The van der Waals surface area contributed by atoms with Gasteiger partial charge in [0.05, 0.1) is 6.54 Å². The molecular weight excluding hydrogens is 324 g/mol. The summed E-state index contributed by atoms with van der Waals surface area (Å²) in [7, 11) is 0. The fourth-order valence-corrected chi connectivity index (χ4v) is 3.60. The topological polar surface area (TPSA) is 45.1 Å². The smallest absolute Gasteiger partial charge is 0.183 e. The maximum absolute atomic E-state index is 10.3. The normalized spacial score (nSPS) is 12.3. The maximum atomic E-state index is 10.3. The van der Waals surface area contributed by atoms with Crippen LogP contribution in [0.3, 0.4) is 0 Å². The Morgan fingerprint density at radius 2 is 2.05 bits per heavy atom. The number of rotatable bonds is 5. The molecule has 0 aliphatic rings. The van der Waals surface area contributed by atoms with E-state index >= 15 is 0 Å². The summed E-state index contributed by atoms with van der Waals surface area (Å²) in [6.07, 6.45) is 1.22. The molecule has 0 spiro atoms. The number of aliphatic hydroxyl groups is 1. The van der Waals surface area contributed by atoms with Crippen molar-refractivity contribution in [3.63, 3.8) is 0 Å². The second-order valence-corrected chi connectivity index (χ2v) is 7.15. The molecule has 0 radical (unpaired) electrons. The first kappa shape index (κ1) is 14.5. The second-order valence-electron chi connectivity index (χ2n) is 4.47. The third-order valence-corrected chi connectivity index (χ3v) is 5.07. The fraction of sp³-hybridized carbons (Fsp3) is 0.133. The van der Waals surface area contributed by atoms with E-state index in [0.29, 0.717) is 11.0 Å². The van der Waals surface area contributed by atoms with Gasteiger partial charge in [-0.05, 0) is 29.1 Å². The van der Waals surface area contributed by atoms with Gasteiger partial charge in [-0.2, -0.15) is 0 Å². The van der Waals surface area contributed by atoms with E-state index in [9.17, 15) is 5.11 Å². The van der Waals surface area contributed by atoms with Crippen LogP contribution in [0.15, 0.2) is 48.0 Å². The second kappa shape index (κ2) is 6.58. The molecule has 2 heterocycles. The van der Waals surface area contributed by atoms with E-state index in [1.807, 2.05) is 41.8 Å². The van der Waals surface area contributed by atoms with E-state index in [0.717, 1.165) is 21.0 Å². The average Bonchev–Trinajstić information content (AvgIpc) is 3.16. The third-order valence-electron chi connectivity index (χ3n) is 3.03. The lowest BCUT2D eigenvalue weighted by Crippen LogP contribution is -2.00. The summed E-state index contributed by atoms with van der Waals surface area (Å²) >= 11 is 8.82. The highest BCUT2D eigenvalue weighted by atomic mass is 35.5. The quantitative estimate of drug-likeness (QED) is 0.718. The number of benzene rings is 1. The molecule has 0 amide bonds. The lowest BCUT2D eigenvalue weighted by molar-refractivity contribution is 0.224. The molecule has 0 saturated heterocycles. The van der Waals surface area contributed by atoms with Crippen molar-refractivity contribution in [3.05, 3.63) is 67.8 Å². The number of aliphatic hydroxyl groups excluding tert-OH is 1. The molecule has 21 heavy (non-hydrogen) atoms. The molecule has 1 unspecified atom stereocenters. The molecule has 2 aromatic heterocycles. The Labute approximate surface area is 135 Å². The van der Waals surface area contributed by atoms with Gasteiger partial charge >= 0.3 is 0 Å². The fourth-order valence-electron chi connectivity index (χ4n) is 1.95. The molecule has 0 aliphatic carbocycles. The van der Waals surface area contributed by atoms with Crippen molar-refractivity contribution in [2.24, 2.45) is 0 Å². The molecule has 3 aromatic rings. The van der Waals surface area contributed by atoms with Gasteiger partial charge in [0.25, 0.3) is 0 Å². The van der Waals surface area contributed by atoms with Crippen LogP contribution in [-0.4, -0.2) is 10.1 Å². The predicted molar refractivity (Wildman–Crippen MR) is 89.3 cm³/mol. The summed E-state index contributed by atoms with van der Waals surface area (Å²) in [5.74, 6) is 0. The summed E-state index contributed by atoms with van der Waals surface area (Å²) in [6, 6.07) is 11.7. The largest absolute Gasteiger partial charge is 0.383 e. The Bertz CT molecular complexity index is 695. The molecule has 0 bridgehead atoms. The summed E-state index contributed by atoms with van der Waals surface area (Å²) in [6.45, 7) is 0.692. The number of hydrogen-bond acceptors (Lipinski definition) is 5. The molecule has 6 heteroatoms. The van der Waals surface area contributed by atoms with Crippen LogP contribution in [-0.2, 0) is 6.54 Å². The number of nitrogens with zero attached hydrogens (tertiary/aromatic N) is 1. The molecule has 0 aliphatic heterocycles. The van der Waals surface area contributed by atoms with Crippen LogP contribution in [0.2, 0.25) is 4.47 Å². The van der Waals surface area contributed by atoms with Crippen LogP contribution >= 0.6 is 34.3 Å². The Morgan fingerprint density at radius 3 is 2.67 bits per heavy atom. The van der Waals surface area contributed by atoms with E-state index in [-0.39, 0.29) is 0 Å².